The number of esters is 2. The molecule has 0 unspecified atom stereocenters. The number of Topliss-reactive ketones (excluding diaryl/α,β-unsaturated/α-hetero) is 1. The standard InChI is InChI=1S/C17H14O5/c1-11(18)12-7-9-15(10-8-12)22-17(20)14-5-3-13(4-6-14)16(19)21-2/h3-10H,1-2H3. The van der Waals surface area contributed by atoms with Gasteiger partial charge in [-0.05, 0) is 55.5 Å². The summed E-state index contributed by atoms with van der Waals surface area (Å²) < 4.78 is 9.78. The van der Waals surface area contributed by atoms with Crippen LogP contribution in [0.25, 0.3) is 0 Å². The third kappa shape index (κ3) is 3.58. The quantitative estimate of drug-likeness (QED) is 0.493. The van der Waals surface area contributed by atoms with Gasteiger partial charge in [-0.2, -0.15) is 0 Å². The maximum absolute atomic E-state index is 12.0. The fourth-order valence-electron chi connectivity index (χ4n) is 1.78. The highest BCUT2D eigenvalue weighted by atomic mass is 16.5. The van der Waals surface area contributed by atoms with Crippen molar-refractivity contribution in [3.8, 4) is 5.75 Å². The molecular weight excluding hydrogens is 284 g/mol. The molecule has 22 heavy (non-hydrogen) atoms. The smallest absolute Gasteiger partial charge is 0.343 e. The normalized spacial score (nSPS) is 9.91. The van der Waals surface area contributed by atoms with Crippen molar-refractivity contribution in [3.63, 3.8) is 0 Å². The van der Waals surface area contributed by atoms with E-state index in [0.29, 0.717) is 22.4 Å². The van der Waals surface area contributed by atoms with Gasteiger partial charge in [-0.25, -0.2) is 9.59 Å². The number of hydrogen-bond donors (Lipinski definition) is 0. The van der Waals surface area contributed by atoms with Crippen LogP contribution >= 0.6 is 0 Å². The van der Waals surface area contributed by atoms with Crippen LogP contribution < -0.4 is 4.74 Å². The zero-order chi connectivity index (χ0) is 16.1. The van der Waals surface area contributed by atoms with Crippen LogP contribution in [-0.4, -0.2) is 24.8 Å². The lowest BCUT2D eigenvalue weighted by atomic mass is 10.1. The van der Waals surface area contributed by atoms with Crippen molar-refractivity contribution < 1.29 is 23.9 Å². The van der Waals surface area contributed by atoms with Gasteiger partial charge in [0.1, 0.15) is 5.75 Å². The van der Waals surface area contributed by atoms with Crippen LogP contribution in [0.3, 0.4) is 0 Å². The van der Waals surface area contributed by atoms with Crippen molar-refractivity contribution in [3.05, 3.63) is 65.2 Å². The molecule has 2 aromatic carbocycles. The number of carbonyl (C=O) groups excluding carboxylic acids is 3. The Labute approximate surface area is 127 Å². The lowest BCUT2D eigenvalue weighted by Crippen LogP contribution is -2.09. The lowest BCUT2D eigenvalue weighted by molar-refractivity contribution is 0.0599. The molecule has 0 aromatic heterocycles. The number of ether oxygens (including phenoxy) is 2. The topological polar surface area (TPSA) is 69.7 Å². The van der Waals surface area contributed by atoms with Crippen LogP contribution in [0.5, 0.6) is 5.75 Å². The molecule has 2 rings (SSSR count). The molecule has 0 aliphatic heterocycles. The van der Waals surface area contributed by atoms with E-state index in [4.69, 9.17) is 4.74 Å². The third-order valence-electron chi connectivity index (χ3n) is 3.01. The summed E-state index contributed by atoms with van der Waals surface area (Å²) in [5.74, 6) is -0.741. The summed E-state index contributed by atoms with van der Waals surface area (Å²) in [5, 5.41) is 0. The molecule has 0 saturated carbocycles. The summed E-state index contributed by atoms with van der Waals surface area (Å²) in [7, 11) is 1.29. The van der Waals surface area contributed by atoms with Gasteiger partial charge in [0.25, 0.3) is 0 Å². The molecule has 0 radical (unpaired) electrons. The summed E-state index contributed by atoms with van der Waals surface area (Å²) in [6.07, 6.45) is 0. The number of methoxy groups -OCH3 is 1. The summed E-state index contributed by atoms with van der Waals surface area (Å²) in [4.78, 5) is 34.5. The highest BCUT2D eigenvalue weighted by Gasteiger charge is 2.11. The van der Waals surface area contributed by atoms with E-state index in [1.807, 2.05) is 0 Å². The summed E-state index contributed by atoms with van der Waals surface area (Å²) in [6.45, 7) is 1.46. The maximum atomic E-state index is 12.0. The molecule has 0 N–H and O–H groups in total. The van der Waals surface area contributed by atoms with E-state index in [2.05, 4.69) is 4.74 Å². The average molecular weight is 298 g/mol. The molecule has 0 atom stereocenters. The Morgan fingerprint density at radius 1 is 0.727 bits per heavy atom. The fourth-order valence-corrected chi connectivity index (χ4v) is 1.78. The van der Waals surface area contributed by atoms with E-state index in [0.717, 1.165) is 0 Å². The molecule has 0 heterocycles. The van der Waals surface area contributed by atoms with Gasteiger partial charge in [-0.1, -0.05) is 0 Å². The summed E-state index contributed by atoms with van der Waals surface area (Å²) >= 11 is 0. The van der Waals surface area contributed by atoms with E-state index in [1.165, 1.54) is 38.3 Å². The van der Waals surface area contributed by atoms with Crippen molar-refractivity contribution in [2.75, 3.05) is 7.11 Å². The minimum Gasteiger partial charge on any atom is -0.465 e. The zero-order valence-electron chi connectivity index (χ0n) is 12.2. The van der Waals surface area contributed by atoms with Gasteiger partial charge in [0.05, 0.1) is 18.2 Å². The SMILES string of the molecule is COC(=O)c1ccc(C(=O)Oc2ccc(C(C)=O)cc2)cc1. The van der Waals surface area contributed by atoms with Crippen LogP contribution in [-0.2, 0) is 4.74 Å². The van der Waals surface area contributed by atoms with E-state index < -0.39 is 11.9 Å². The zero-order valence-corrected chi connectivity index (χ0v) is 12.2. The molecule has 2 aromatic rings. The van der Waals surface area contributed by atoms with Crippen molar-refractivity contribution in [1.82, 2.24) is 0 Å². The largest absolute Gasteiger partial charge is 0.465 e. The fraction of sp³-hybridized carbons (Fsp3) is 0.118. The predicted octanol–water partition coefficient (Wildman–Crippen LogP) is 2.90. The first kappa shape index (κ1) is 15.4. The number of hydrogen-bond acceptors (Lipinski definition) is 5. The number of rotatable bonds is 4. The second-order valence-electron chi connectivity index (χ2n) is 4.54. The minimum atomic E-state index is -0.549. The first-order valence-electron chi connectivity index (χ1n) is 6.53. The lowest BCUT2D eigenvalue weighted by Gasteiger charge is -2.05. The molecule has 0 spiro atoms. The molecule has 112 valence electrons. The van der Waals surface area contributed by atoms with Crippen molar-refractivity contribution in [2.24, 2.45) is 0 Å². The van der Waals surface area contributed by atoms with Gasteiger partial charge in [0.2, 0.25) is 0 Å². The number of carbonyl (C=O) groups is 3. The average Bonchev–Trinajstić information content (AvgIpc) is 2.54. The first-order valence-corrected chi connectivity index (χ1v) is 6.53. The summed E-state index contributed by atoms with van der Waals surface area (Å²) in [6, 6.07) is 12.2. The Hall–Kier alpha value is -2.95. The molecule has 0 saturated heterocycles. The van der Waals surface area contributed by atoms with Crippen molar-refractivity contribution >= 4 is 17.7 Å². The highest BCUT2D eigenvalue weighted by Crippen LogP contribution is 2.15. The van der Waals surface area contributed by atoms with E-state index in [1.54, 1.807) is 24.3 Å². The maximum Gasteiger partial charge on any atom is 0.343 e. The van der Waals surface area contributed by atoms with Crippen LogP contribution in [0.15, 0.2) is 48.5 Å². The third-order valence-corrected chi connectivity index (χ3v) is 3.01. The number of ketones is 1. The minimum absolute atomic E-state index is 0.0590. The molecule has 0 amide bonds. The second-order valence-corrected chi connectivity index (χ2v) is 4.54. The molecule has 0 aliphatic carbocycles. The van der Waals surface area contributed by atoms with Gasteiger partial charge in [-0.15, -0.1) is 0 Å². The summed E-state index contributed by atoms with van der Waals surface area (Å²) in [5.41, 5.74) is 1.20. The van der Waals surface area contributed by atoms with Gasteiger partial charge in [0.15, 0.2) is 5.78 Å². The highest BCUT2D eigenvalue weighted by molar-refractivity contribution is 5.95. The van der Waals surface area contributed by atoms with Crippen LogP contribution in [0.1, 0.15) is 38.0 Å². The predicted molar refractivity (Wildman–Crippen MR) is 79.2 cm³/mol. The van der Waals surface area contributed by atoms with Crippen LogP contribution in [0, 0.1) is 0 Å². The van der Waals surface area contributed by atoms with Gasteiger partial charge < -0.3 is 9.47 Å². The molecule has 5 heteroatoms. The van der Waals surface area contributed by atoms with E-state index in [9.17, 15) is 14.4 Å². The molecular formula is C17H14O5. The van der Waals surface area contributed by atoms with E-state index in [-0.39, 0.29) is 5.78 Å². The van der Waals surface area contributed by atoms with Gasteiger partial charge in [-0.3, -0.25) is 4.79 Å². The van der Waals surface area contributed by atoms with Crippen LogP contribution in [0.4, 0.5) is 0 Å². The second kappa shape index (κ2) is 6.67. The van der Waals surface area contributed by atoms with E-state index >= 15 is 0 Å². The monoisotopic (exact) mass is 298 g/mol. The van der Waals surface area contributed by atoms with Crippen molar-refractivity contribution in [2.45, 2.75) is 6.92 Å². The Morgan fingerprint density at radius 3 is 1.64 bits per heavy atom. The molecule has 0 aliphatic rings. The van der Waals surface area contributed by atoms with Crippen LogP contribution in [0.2, 0.25) is 0 Å². The molecule has 5 nitrogen and oxygen atoms in total. The van der Waals surface area contributed by atoms with Crippen molar-refractivity contribution in [1.29, 1.82) is 0 Å². The van der Waals surface area contributed by atoms with Gasteiger partial charge in [0, 0.05) is 5.56 Å². The molecule has 0 bridgehead atoms. The Balaban J connectivity index is 2.08. The Bertz CT molecular complexity index is 699. The Kier molecular flexibility index (Phi) is 4.68. The Morgan fingerprint density at radius 2 is 1.18 bits per heavy atom. The number of benzene rings is 2. The first-order chi connectivity index (χ1) is 10.5. The molecule has 0 fully saturated rings. The van der Waals surface area contributed by atoms with Gasteiger partial charge >= 0.3 is 11.9 Å².